The molecule has 0 aromatic rings. The maximum atomic E-state index is 11.5. The molecule has 0 aromatic heterocycles. The zero-order chi connectivity index (χ0) is 10.5. The minimum absolute atomic E-state index is 0.175. The molecular weight excluding hydrogens is 208 g/mol. The summed E-state index contributed by atoms with van der Waals surface area (Å²) in [7, 11) is 0. The Morgan fingerprint density at radius 1 is 1.31 bits per heavy atom. The molecule has 0 atom stereocenters. The van der Waals surface area contributed by atoms with Gasteiger partial charge in [0.1, 0.15) is 0 Å². The zero-order valence-corrected chi connectivity index (χ0v) is 9.88. The van der Waals surface area contributed by atoms with Crippen LogP contribution in [0, 0.1) is 0 Å². The molecule has 0 saturated heterocycles. The van der Waals surface area contributed by atoms with Gasteiger partial charge >= 0.3 is 5.97 Å². The molecule has 0 bridgehead atoms. The lowest BCUT2D eigenvalue weighted by Crippen LogP contribution is -2.39. The van der Waals surface area contributed by atoms with Gasteiger partial charge in [0.05, 0.1) is 6.61 Å². The van der Waals surface area contributed by atoms with Gasteiger partial charge in [0.2, 0.25) is 4.08 Å². The fourth-order valence-electron chi connectivity index (χ4n) is 0.907. The summed E-state index contributed by atoms with van der Waals surface area (Å²) in [6, 6.07) is 0. The Kier molecular flexibility index (Phi) is 5.48. The van der Waals surface area contributed by atoms with Gasteiger partial charge in [-0.1, -0.05) is 0 Å². The Balaban J connectivity index is 4.75. The highest BCUT2D eigenvalue weighted by Crippen LogP contribution is 2.36. The van der Waals surface area contributed by atoms with E-state index >= 15 is 0 Å². The summed E-state index contributed by atoms with van der Waals surface area (Å²) in [5, 5.41) is 0. The maximum absolute atomic E-state index is 11.5. The summed E-state index contributed by atoms with van der Waals surface area (Å²) >= 11 is 2.42. The van der Waals surface area contributed by atoms with E-state index in [2.05, 4.69) is 0 Å². The molecule has 0 spiro atoms. The van der Waals surface area contributed by atoms with Crippen molar-refractivity contribution in [1.29, 1.82) is 0 Å². The average molecular weight is 222 g/mol. The van der Waals surface area contributed by atoms with Gasteiger partial charge in [-0.25, -0.2) is 4.79 Å². The Bertz CT molecular complexity index is 200. The van der Waals surface area contributed by atoms with Crippen LogP contribution in [-0.4, -0.2) is 35.0 Å². The third-order valence-electron chi connectivity index (χ3n) is 1.58. The van der Waals surface area contributed by atoms with E-state index in [1.54, 1.807) is 19.4 Å². The molecule has 5 heteroatoms. The molecule has 0 amide bonds. The summed E-state index contributed by atoms with van der Waals surface area (Å²) in [6.07, 6.45) is 3.46. The first-order chi connectivity index (χ1) is 6.05. The van der Waals surface area contributed by atoms with Crippen molar-refractivity contribution in [2.75, 3.05) is 19.1 Å². The van der Waals surface area contributed by atoms with Crippen LogP contribution in [0.3, 0.4) is 0 Å². The van der Waals surface area contributed by atoms with Gasteiger partial charge in [0, 0.05) is 0 Å². The second kappa shape index (κ2) is 5.54. The maximum Gasteiger partial charge on any atom is 0.340 e. The highest BCUT2D eigenvalue weighted by atomic mass is 32.2. The van der Waals surface area contributed by atoms with Gasteiger partial charge in [-0.15, -0.1) is 23.5 Å². The second-order valence-corrected chi connectivity index (χ2v) is 4.60. The smallest absolute Gasteiger partial charge is 0.340 e. The first-order valence-electron chi connectivity index (χ1n) is 3.83. The summed E-state index contributed by atoms with van der Waals surface area (Å²) in [6.45, 7) is 3.43. The number of ketones is 1. The highest BCUT2D eigenvalue weighted by molar-refractivity contribution is 8.19. The molecule has 76 valence electrons. The van der Waals surface area contributed by atoms with Crippen LogP contribution in [0.1, 0.15) is 13.8 Å². The number of ether oxygens (including phenoxy) is 1. The summed E-state index contributed by atoms with van der Waals surface area (Å²) < 4.78 is 3.78. The van der Waals surface area contributed by atoms with Crippen molar-refractivity contribution in [2.45, 2.75) is 17.9 Å². The number of hydrogen-bond acceptors (Lipinski definition) is 5. The fourth-order valence-corrected chi connectivity index (χ4v) is 2.60. The van der Waals surface area contributed by atoms with E-state index in [4.69, 9.17) is 4.74 Å². The van der Waals surface area contributed by atoms with Crippen molar-refractivity contribution in [3.63, 3.8) is 0 Å². The predicted octanol–water partition coefficient (Wildman–Crippen LogP) is 1.56. The Hall–Kier alpha value is -0.160. The van der Waals surface area contributed by atoms with E-state index in [-0.39, 0.29) is 5.78 Å². The van der Waals surface area contributed by atoms with Crippen LogP contribution < -0.4 is 0 Å². The van der Waals surface area contributed by atoms with Crippen LogP contribution >= 0.6 is 23.5 Å². The Labute approximate surface area is 87.0 Å². The number of esters is 1. The third kappa shape index (κ3) is 2.64. The largest absolute Gasteiger partial charge is 0.464 e. The molecule has 0 rings (SSSR count). The molecule has 0 radical (unpaired) electrons. The van der Waals surface area contributed by atoms with Crippen LogP contribution in [-0.2, 0) is 14.3 Å². The number of Topliss-reactive ketones (excluding diaryl/α,β-unsaturated/α-hetero) is 1. The molecule has 0 aliphatic rings. The van der Waals surface area contributed by atoms with E-state index in [1.807, 2.05) is 0 Å². The van der Waals surface area contributed by atoms with E-state index in [9.17, 15) is 9.59 Å². The van der Waals surface area contributed by atoms with Crippen molar-refractivity contribution >= 4 is 35.3 Å². The quantitative estimate of drug-likeness (QED) is 0.401. The molecule has 0 fully saturated rings. The Morgan fingerprint density at radius 2 is 1.77 bits per heavy atom. The standard InChI is InChI=1S/C8H14O3S2/c1-5-11-7(10)8(12-3,13-4)6(2)9/h5H2,1-4H3. The normalized spacial score (nSPS) is 11.1. The fraction of sp³-hybridized carbons (Fsp3) is 0.750. The minimum Gasteiger partial charge on any atom is -0.464 e. The molecule has 0 aliphatic carbocycles. The lowest BCUT2D eigenvalue weighted by molar-refractivity contribution is -0.145. The van der Waals surface area contributed by atoms with Crippen molar-refractivity contribution in [1.82, 2.24) is 0 Å². The van der Waals surface area contributed by atoms with Crippen molar-refractivity contribution < 1.29 is 14.3 Å². The van der Waals surface area contributed by atoms with Gasteiger partial charge in [-0.3, -0.25) is 4.79 Å². The lowest BCUT2D eigenvalue weighted by atomic mass is 10.3. The predicted molar refractivity (Wildman–Crippen MR) is 57.1 cm³/mol. The second-order valence-electron chi connectivity index (χ2n) is 2.30. The Morgan fingerprint density at radius 3 is 2.00 bits per heavy atom. The highest BCUT2D eigenvalue weighted by Gasteiger charge is 2.43. The summed E-state index contributed by atoms with van der Waals surface area (Å²) in [5.41, 5.74) is 0. The molecule has 0 N–H and O–H groups in total. The van der Waals surface area contributed by atoms with Crippen molar-refractivity contribution in [3.05, 3.63) is 0 Å². The first-order valence-corrected chi connectivity index (χ1v) is 6.28. The third-order valence-corrected chi connectivity index (χ3v) is 4.64. The van der Waals surface area contributed by atoms with Gasteiger partial charge in [-0.05, 0) is 26.4 Å². The average Bonchev–Trinajstić information content (AvgIpc) is 2.07. The van der Waals surface area contributed by atoms with Gasteiger partial charge in [0.15, 0.2) is 5.78 Å². The van der Waals surface area contributed by atoms with Crippen LogP contribution in [0.4, 0.5) is 0 Å². The molecule has 0 aliphatic heterocycles. The topological polar surface area (TPSA) is 43.4 Å². The van der Waals surface area contributed by atoms with Crippen molar-refractivity contribution in [3.8, 4) is 0 Å². The minimum atomic E-state index is -1.07. The molecule has 13 heavy (non-hydrogen) atoms. The summed E-state index contributed by atoms with van der Waals surface area (Å²) in [5.74, 6) is -0.631. The molecular formula is C8H14O3S2. The van der Waals surface area contributed by atoms with Crippen LogP contribution in [0.25, 0.3) is 0 Å². The first kappa shape index (κ1) is 12.8. The zero-order valence-electron chi connectivity index (χ0n) is 8.25. The van der Waals surface area contributed by atoms with Gasteiger partial charge < -0.3 is 4.74 Å². The van der Waals surface area contributed by atoms with Crippen LogP contribution in [0.2, 0.25) is 0 Å². The number of thioether (sulfide) groups is 2. The van der Waals surface area contributed by atoms with E-state index < -0.39 is 10.0 Å². The number of rotatable bonds is 5. The number of carbonyl (C=O) groups is 2. The summed E-state index contributed by atoms with van der Waals surface area (Å²) in [4.78, 5) is 22.8. The number of carbonyl (C=O) groups excluding carboxylic acids is 2. The molecule has 0 aromatic carbocycles. The molecule has 0 saturated carbocycles. The van der Waals surface area contributed by atoms with Crippen LogP contribution in [0.5, 0.6) is 0 Å². The van der Waals surface area contributed by atoms with Gasteiger partial charge in [-0.2, -0.15) is 0 Å². The number of hydrogen-bond donors (Lipinski definition) is 0. The molecule has 3 nitrogen and oxygen atoms in total. The van der Waals surface area contributed by atoms with Crippen molar-refractivity contribution in [2.24, 2.45) is 0 Å². The van der Waals surface area contributed by atoms with E-state index in [1.165, 1.54) is 30.4 Å². The van der Waals surface area contributed by atoms with Gasteiger partial charge in [0.25, 0.3) is 0 Å². The molecule has 0 heterocycles. The van der Waals surface area contributed by atoms with E-state index in [0.29, 0.717) is 6.61 Å². The lowest BCUT2D eigenvalue weighted by Gasteiger charge is -2.24. The van der Waals surface area contributed by atoms with E-state index in [0.717, 1.165) is 0 Å². The van der Waals surface area contributed by atoms with Crippen LogP contribution in [0.15, 0.2) is 0 Å². The SMILES string of the molecule is CCOC(=O)C(SC)(SC)C(C)=O. The monoisotopic (exact) mass is 222 g/mol. The molecule has 0 unspecified atom stereocenters.